The molecule has 6 heteroatoms. The topological polar surface area (TPSA) is 78.9 Å². The number of aryl methyl sites for hydroxylation is 1. The second-order valence-corrected chi connectivity index (χ2v) is 9.99. The van der Waals surface area contributed by atoms with Crippen LogP contribution in [0, 0.1) is 29.6 Å². The van der Waals surface area contributed by atoms with Crippen molar-refractivity contribution in [1.82, 2.24) is 5.16 Å². The van der Waals surface area contributed by atoms with Gasteiger partial charge in [0.15, 0.2) is 0 Å². The van der Waals surface area contributed by atoms with Gasteiger partial charge in [-0.2, -0.15) is 5.26 Å². The predicted octanol–water partition coefficient (Wildman–Crippen LogP) is 6.38. The maximum absolute atomic E-state index is 13.2. The lowest BCUT2D eigenvalue weighted by Crippen LogP contribution is -2.28. The number of amides is 1. The maximum atomic E-state index is 13.2. The van der Waals surface area contributed by atoms with Crippen molar-refractivity contribution in [2.45, 2.75) is 53.4 Å². The minimum absolute atomic E-state index is 0.266. The summed E-state index contributed by atoms with van der Waals surface area (Å²) in [6.07, 6.45) is 4.06. The molecule has 1 N–H and O–H groups in total. The molecule has 4 rings (SSSR count). The molecule has 3 aromatic rings. The third kappa shape index (κ3) is 3.90. The van der Waals surface area contributed by atoms with Crippen molar-refractivity contribution < 1.29 is 9.32 Å². The zero-order valence-corrected chi connectivity index (χ0v) is 19.2. The molecule has 1 atom stereocenters. The van der Waals surface area contributed by atoms with E-state index in [0.717, 1.165) is 36.8 Å². The van der Waals surface area contributed by atoms with Crippen molar-refractivity contribution in [3.63, 3.8) is 0 Å². The summed E-state index contributed by atoms with van der Waals surface area (Å²) in [4.78, 5) is 14.5. The third-order valence-corrected chi connectivity index (χ3v) is 7.93. The van der Waals surface area contributed by atoms with E-state index in [9.17, 15) is 10.1 Å². The zero-order chi connectivity index (χ0) is 22.2. The second kappa shape index (κ2) is 8.32. The van der Waals surface area contributed by atoms with Crippen LogP contribution in [-0.4, -0.2) is 11.1 Å². The van der Waals surface area contributed by atoms with Crippen LogP contribution >= 0.6 is 11.3 Å². The van der Waals surface area contributed by atoms with E-state index in [1.807, 2.05) is 30.3 Å². The quantitative estimate of drug-likeness (QED) is 0.506. The van der Waals surface area contributed by atoms with Crippen LogP contribution in [0.4, 0.5) is 5.00 Å². The number of aromatic nitrogens is 1. The molecule has 0 fully saturated rings. The summed E-state index contributed by atoms with van der Waals surface area (Å²) in [7, 11) is 0. The van der Waals surface area contributed by atoms with E-state index in [4.69, 9.17) is 4.52 Å². The number of nitriles is 1. The molecule has 1 unspecified atom stereocenters. The van der Waals surface area contributed by atoms with Crippen molar-refractivity contribution in [3.05, 3.63) is 57.7 Å². The number of nitrogens with one attached hydrogen (secondary N) is 1. The number of benzene rings is 1. The fraction of sp³-hybridized carbons (Fsp3) is 0.400. The molecular weight excluding hydrogens is 406 g/mol. The van der Waals surface area contributed by atoms with E-state index in [-0.39, 0.29) is 11.3 Å². The Morgan fingerprint density at radius 3 is 2.77 bits per heavy atom. The van der Waals surface area contributed by atoms with Crippen molar-refractivity contribution in [1.29, 1.82) is 5.26 Å². The summed E-state index contributed by atoms with van der Waals surface area (Å²) in [5.41, 5.74) is 3.72. The molecule has 0 saturated carbocycles. The lowest BCUT2D eigenvalue weighted by Gasteiger charge is -2.36. The number of hydrogen-bond donors (Lipinski definition) is 1. The molecule has 0 bridgehead atoms. The molecule has 1 amide bonds. The van der Waals surface area contributed by atoms with Gasteiger partial charge in [-0.1, -0.05) is 62.7 Å². The lowest BCUT2D eigenvalue weighted by molar-refractivity contribution is 0.102. The largest absolute Gasteiger partial charge is 0.360 e. The highest BCUT2D eigenvalue weighted by Crippen LogP contribution is 2.45. The molecule has 0 saturated heterocycles. The van der Waals surface area contributed by atoms with Gasteiger partial charge < -0.3 is 9.84 Å². The summed E-state index contributed by atoms with van der Waals surface area (Å²) in [6.45, 7) is 8.62. The fourth-order valence-corrected chi connectivity index (χ4v) is 5.62. The highest BCUT2D eigenvalue weighted by Gasteiger charge is 2.34. The summed E-state index contributed by atoms with van der Waals surface area (Å²) in [5, 5.41) is 17.6. The molecule has 1 aromatic carbocycles. The second-order valence-electron chi connectivity index (χ2n) is 8.88. The van der Waals surface area contributed by atoms with Gasteiger partial charge in [-0.25, -0.2) is 0 Å². The van der Waals surface area contributed by atoms with E-state index < -0.39 is 0 Å². The smallest absolute Gasteiger partial charge is 0.262 e. The first-order chi connectivity index (χ1) is 14.9. The Morgan fingerprint density at radius 2 is 2.10 bits per heavy atom. The van der Waals surface area contributed by atoms with Gasteiger partial charge in [-0.3, -0.25) is 4.79 Å². The van der Waals surface area contributed by atoms with Crippen LogP contribution in [0.2, 0.25) is 0 Å². The summed E-state index contributed by atoms with van der Waals surface area (Å²) >= 11 is 1.54. The average Bonchev–Trinajstić information content (AvgIpc) is 3.33. The Labute approximate surface area is 187 Å². The van der Waals surface area contributed by atoms with Gasteiger partial charge in [-0.05, 0) is 43.1 Å². The van der Waals surface area contributed by atoms with E-state index in [1.165, 1.54) is 4.88 Å². The first kappa shape index (κ1) is 21.3. The summed E-state index contributed by atoms with van der Waals surface area (Å²) in [5.74, 6) is 0.753. The number of nitrogens with zero attached hydrogens (tertiary/aromatic N) is 2. The fourth-order valence-electron chi connectivity index (χ4n) is 4.35. The monoisotopic (exact) mass is 433 g/mol. The molecule has 5 nitrogen and oxygen atoms in total. The highest BCUT2D eigenvalue weighted by atomic mass is 32.1. The van der Waals surface area contributed by atoms with Crippen LogP contribution in [0.5, 0.6) is 0 Å². The number of fused-ring (bicyclic) bond motifs is 1. The van der Waals surface area contributed by atoms with E-state index in [0.29, 0.717) is 33.5 Å². The molecule has 0 spiro atoms. The highest BCUT2D eigenvalue weighted by molar-refractivity contribution is 7.16. The average molecular weight is 434 g/mol. The molecule has 0 aliphatic heterocycles. The number of hydrogen-bond acceptors (Lipinski definition) is 5. The number of carbonyl (C=O) groups excluding carboxylic acids is 1. The van der Waals surface area contributed by atoms with E-state index in [2.05, 4.69) is 37.3 Å². The Balaban J connectivity index is 1.64. The van der Waals surface area contributed by atoms with Gasteiger partial charge >= 0.3 is 0 Å². The minimum atomic E-state index is -0.293. The third-order valence-electron chi connectivity index (χ3n) is 6.76. The SMILES string of the molecule is CCC(C)(C)C1CCc2c(sc(NC(=O)c3c(-c4ccccc4)noc3C)c2C#N)C1. The van der Waals surface area contributed by atoms with Crippen LogP contribution in [0.15, 0.2) is 34.9 Å². The van der Waals surface area contributed by atoms with Gasteiger partial charge in [-0.15, -0.1) is 11.3 Å². The van der Waals surface area contributed by atoms with Crippen molar-refractivity contribution in [2.75, 3.05) is 5.32 Å². The summed E-state index contributed by atoms with van der Waals surface area (Å²) in [6, 6.07) is 11.8. The zero-order valence-electron chi connectivity index (χ0n) is 18.4. The molecule has 160 valence electrons. The van der Waals surface area contributed by atoms with E-state index in [1.54, 1.807) is 18.3 Å². The Bertz CT molecular complexity index is 1150. The first-order valence-electron chi connectivity index (χ1n) is 10.7. The first-order valence-corrected chi connectivity index (χ1v) is 11.5. The molecule has 2 heterocycles. The maximum Gasteiger partial charge on any atom is 0.262 e. The number of anilines is 1. The molecule has 31 heavy (non-hydrogen) atoms. The van der Waals surface area contributed by atoms with Crippen LogP contribution < -0.4 is 5.32 Å². The van der Waals surface area contributed by atoms with Crippen molar-refractivity contribution in [2.24, 2.45) is 11.3 Å². The van der Waals surface area contributed by atoms with Gasteiger partial charge in [0.1, 0.15) is 28.1 Å². The van der Waals surface area contributed by atoms with Gasteiger partial charge in [0.05, 0.1) is 5.56 Å². The number of thiophene rings is 1. The molecule has 2 aromatic heterocycles. The predicted molar refractivity (Wildman–Crippen MR) is 123 cm³/mol. The van der Waals surface area contributed by atoms with Crippen molar-refractivity contribution >= 4 is 22.2 Å². The van der Waals surface area contributed by atoms with Crippen LogP contribution in [0.25, 0.3) is 11.3 Å². The molecule has 0 radical (unpaired) electrons. The Hall–Kier alpha value is -2.91. The Morgan fingerprint density at radius 1 is 1.35 bits per heavy atom. The van der Waals surface area contributed by atoms with Gasteiger partial charge in [0.25, 0.3) is 5.91 Å². The molecule has 1 aliphatic rings. The normalized spacial score (nSPS) is 15.9. The Kier molecular flexibility index (Phi) is 5.72. The lowest BCUT2D eigenvalue weighted by atomic mass is 9.69. The summed E-state index contributed by atoms with van der Waals surface area (Å²) < 4.78 is 5.34. The molecular formula is C25H27N3O2S. The van der Waals surface area contributed by atoms with Gasteiger partial charge in [0.2, 0.25) is 0 Å². The van der Waals surface area contributed by atoms with Crippen LogP contribution in [-0.2, 0) is 12.8 Å². The minimum Gasteiger partial charge on any atom is -0.360 e. The van der Waals surface area contributed by atoms with Crippen LogP contribution in [0.3, 0.4) is 0 Å². The van der Waals surface area contributed by atoms with Crippen molar-refractivity contribution in [3.8, 4) is 17.3 Å². The molecule has 1 aliphatic carbocycles. The standard InChI is InChI=1S/C25H27N3O2S/c1-5-25(3,4)17-11-12-18-19(14-26)24(31-20(18)13-17)27-23(29)21-15(2)30-28-22(21)16-9-7-6-8-10-16/h6-10,17H,5,11-13H2,1-4H3,(H,27,29). The van der Waals surface area contributed by atoms with E-state index >= 15 is 0 Å². The number of rotatable bonds is 5. The number of carbonyl (C=O) groups is 1. The van der Waals surface area contributed by atoms with Gasteiger partial charge in [0, 0.05) is 10.4 Å². The van der Waals surface area contributed by atoms with Crippen LogP contribution in [0.1, 0.15) is 65.7 Å².